The Morgan fingerprint density at radius 1 is 1.16 bits per heavy atom. The fraction of sp³-hybridized carbons (Fsp3) is 0.353. The van der Waals surface area contributed by atoms with Crippen molar-refractivity contribution in [3.8, 4) is 11.1 Å². The molecule has 2 heteroatoms. The molecule has 19 heavy (non-hydrogen) atoms. The maximum Gasteiger partial charge on any atom is 0.0346 e. The zero-order valence-corrected chi connectivity index (χ0v) is 11.6. The molecule has 0 radical (unpaired) electrons. The molecule has 98 valence electrons. The molecule has 1 aromatic carbocycles. The lowest BCUT2D eigenvalue weighted by atomic mass is 9.99. The van der Waals surface area contributed by atoms with Crippen molar-refractivity contribution in [2.75, 3.05) is 0 Å². The van der Waals surface area contributed by atoms with Gasteiger partial charge in [0.2, 0.25) is 0 Å². The zero-order chi connectivity index (χ0) is 13.2. The van der Waals surface area contributed by atoms with Gasteiger partial charge in [0.25, 0.3) is 0 Å². The van der Waals surface area contributed by atoms with Gasteiger partial charge in [0.05, 0.1) is 0 Å². The van der Waals surface area contributed by atoms with Crippen molar-refractivity contribution in [3.05, 3.63) is 53.3 Å². The van der Waals surface area contributed by atoms with Crippen molar-refractivity contribution in [3.63, 3.8) is 0 Å². The van der Waals surface area contributed by atoms with Crippen LogP contribution in [-0.2, 0) is 6.54 Å². The van der Waals surface area contributed by atoms with E-state index in [1.807, 2.05) is 12.4 Å². The molecule has 1 aromatic heterocycles. The van der Waals surface area contributed by atoms with Gasteiger partial charge < -0.3 is 5.32 Å². The number of nitrogens with one attached hydrogen (secondary N) is 1. The highest BCUT2D eigenvalue weighted by Gasteiger charge is 2.19. The molecule has 0 atom stereocenters. The number of aryl methyl sites for hydroxylation is 2. The molecule has 0 spiro atoms. The largest absolute Gasteiger partial charge is 0.310 e. The van der Waals surface area contributed by atoms with E-state index in [9.17, 15) is 0 Å². The summed E-state index contributed by atoms with van der Waals surface area (Å²) in [7, 11) is 0. The highest BCUT2D eigenvalue weighted by Crippen LogP contribution is 2.25. The molecule has 1 saturated carbocycles. The minimum atomic E-state index is 0.765. The lowest BCUT2D eigenvalue weighted by Crippen LogP contribution is -2.15. The molecule has 1 fully saturated rings. The van der Waals surface area contributed by atoms with Crippen LogP contribution >= 0.6 is 0 Å². The molecule has 0 unspecified atom stereocenters. The number of benzene rings is 1. The van der Waals surface area contributed by atoms with Crippen molar-refractivity contribution >= 4 is 0 Å². The third kappa shape index (κ3) is 3.02. The Bertz CT molecular complexity index is 586. The van der Waals surface area contributed by atoms with Crippen LogP contribution in [0, 0.1) is 13.8 Å². The Labute approximate surface area is 114 Å². The SMILES string of the molecule is Cc1cncc(-c2ccc(CNC3CC3)cc2C)c1. The van der Waals surface area contributed by atoms with Gasteiger partial charge in [-0.1, -0.05) is 18.2 Å². The van der Waals surface area contributed by atoms with Crippen LogP contribution in [0.4, 0.5) is 0 Å². The number of rotatable bonds is 4. The summed E-state index contributed by atoms with van der Waals surface area (Å²) in [5.74, 6) is 0. The molecule has 1 heterocycles. The normalized spacial score (nSPS) is 14.6. The minimum Gasteiger partial charge on any atom is -0.310 e. The van der Waals surface area contributed by atoms with Crippen molar-refractivity contribution in [2.24, 2.45) is 0 Å². The first-order chi connectivity index (χ1) is 9.22. The van der Waals surface area contributed by atoms with E-state index in [4.69, 9.17) is 0 Å². The second kappa shape index (κ2) is 5.14. The summed E-state index contributed by atoms with van der Waals surface area (Å²) < 4.78 is 0. The van der Waals surface area contributed by atoms with Gasteiger partial charge in [-0.25, -0.2) is 0 Å². The van der Waals surface area contributed by atoms with Gasteiger partial charge in [0.1, 0.15) is 0 Å². The van der Waals surface area contributed by atoms with Crippen LogP contribution in [0.2, 0.25) is 0 Å². The van der Waals surface area contributed by atoms with Crippen molar-refractivity contribution in [1.29, 1.82) is 0 Å². The highest BCUT2D eigenvalue weighted by atomic mass is 14.9. The smallest absolute Gasteiger partial charge is 0.0346 e. The first-order valence-electron chi connectivity index (χ1n) is 6.97. The van der Waals surface area contributed by atoms with E-state index in [0.29, 0.717) is 0 Å². The van der Waals surface area contributed by atoms with Gasteiger partial charge in [-0.2, -0.15) is 0 Å². The summed E-state index contributed by atoms with van der Waals surface area (Å²) in [5.41, 5.74) is 6.39. The lowest BCUT2D eigenvalue weighted by molar-refractivity contribution is 0.687. The topological polar surface area (TPSA) is 24.9 Å². The molecule has 1 aliphatic rings. The van der Waals surface area contributed by atoms with Gasteiger partial charge >= 0.3 is 0 Å². The van der Waals surface area contributed by atoms with Crippen LogP contribution in [0.1, 0.15) is 29.5 Å². The van der Waals surface area contributed by atoms with Gasteiger partial charge in [-0.15, -0.1) is 0 Å². The summed E-state index contributed by atoms with van der Waals surface area (Å²) in [6, 6.07) is 9.68. The Morgan fingerprint density at radius 2 is 2.00 bits per heavy atom. The molecule has 0 amide bonds. The Balaban J connectivity index is 1.82. The van der Waals surface area contributed by atoms with E-state index in [0.717, 1.165) is 12.6 Å². The molecule has 2 nitrogen and oxygen atoms in total. The average molecular weight is 252 g/mol. The maximum atomic E-state index is 4.28. The van der Waals surface area contributed by atoms with E-state index >= 15 is 0 Å². The molecule has 2 aromatic rings. The first-order valence-corrected chi connectivity index (χ1v) is 6.97. The second-order valence-electron chi connectivity index (χ2n) is 5.56. The predicted molar refractivity (Wildman–Crippen MR) is 79.0 cm³/mol. The van der Waals surface area contributed by atoms with Crippen LogP contribution in [0.15, 0.2) is 36.7 Å². The van der Waals surface area contributed by atoms with Crippen LogP contribution in [0.25, 0.3) is 11.1 Å². The second-order valence-corrected chi connectivity index (χ2v) is 5.56. The molecular formula is C17H20N2. The monoisotopic (exact) mass is 252 g/mol. The highest BCUT2D eigenvalue weighted by molar-refractivity contribution is 5.67. The number of pyridine rings is 1. The van der Waals surface area contributed by atoms with Crippen molar-refractivity contribution in [1.82, 2.24) is 10.3 Å². The van der Waals surface area contributed by atoms with Crippen LogP contribution in [0.3, 0.4) is 0 Å². The molecule has 1 N–H and O–H groups in total. The number of aromatic nitrogens is 1. The summed E-state index contributed by atoms with van der Waals surface area (Å²) in [6.07, 6.45) is 6.52. The molecule has 0 bridgehead atoms. The van der Waals surface area contributed by atoms with Gasteiger partial charge in [-0.05, 0) is 55.0 Å². The summed E-state index contributed by atoms with van der Waals surface area (Å²) in [6.45, 7) is 5.25. The fourth-order valence-electron chi connectivity index (χ4n) is 2.41. The fourth-order valence-corrected chi connectivity index (χ4v) is 2.41. The van der Waals surface area contributed by atoms with E-state index in [1.165, 1.54) is 40.7 Å². The minimum absolute atomic E-state index is 0.765. The lowest BCUT2D eigenvalue weighted by Gasteiger charge is -2.10. The van der Waals surface area contributed by atoms with E-state index in [-0.39, 0.29) is 0 Å². The molecule has 1 aliphatic carbocycles. The van der Waals surface area contributed by atoms with Gasteiger partial charge in [-0.3, -0.25) is 4.98 Å². The van der Waals surface area contributed by atoms with E-state index in [1.54, 1.807) is 0 Å². The van der Waals surface area contributed by atoms with Gasteiger partial charge in [0.15, 0.2) is 0 Å². The van der Waals surface area contributed by atoms with Crippen LogP contribution < -0.4 is 5.32 Å². The molecular weight excluding hydrogens is 232 g/mol. The number of hydrogen-bond donors (Lipinski definition) is 1. The molecule has 3 rings (SSSR count). The van der Waals surface area contributed by atoms with Gasteiger partial charge in [0, 0.05) is 30.5 Å². The summed E-state index contributed by atoms with van der Waals surface area (Å²) in [4.78, 5) is 4.28. The Hall–Kier alpha value is -1.67. The molecule has 0 aliphatic heterocycles. The Kier molecular flexibility index (Phi) is 3.34. The zero-order valence-electron chi connectivity index (χ0n) is 11.6. The number of nitrogens with zero attached hydrogens (tertiary/aromatic N) is 1. The van der Waals surface area contributed by atoms with E-state index < -0.39 is 0 Å². The van der Waals surface area contributed by atoms with Crippen molar-refractivity contribution in [2.45, 2.75) is 39.3 Å². The maximum absolute atomic E-state index is 4.28. The average Bonchev–Trinajstić information content (AvgIpc) is 3.20. The van der Waals surface area contributed by atoms with Crippen molar-refractivity contribution < 1.29 is 0 Å². The van der Waals surface area contributed by atoms with Crippen LogP contribution in [-0.4, -0.2) is 11.0 Å². The summed E-state index contributed by atoms with van der Waals surface area (Å²) in [5, 5.41) is 3.56. The standard InChI is InChI=1S/C17H20N2/c1-12-7-15(11-18-9-12)17-6-3-14(8-13(17)2)10-19-16-4-5-16/h3,6-9,11,16,19H,4-5,10H2,1-2H3. The third-order valence-electron chi connectivity index (χ3n) is 3.65. The quantitative estimate of drug-likeness (QED) is 0.899. The predicted octanol–water partition coefficient (Wildman–Crippen LogP) is 3.62. The number of hydrogen-bond acceptors (Lipinski definition) is 2. The molecule has 0 saturated heterocycles. The van der Waals surface area contributed by atoms with Crippen LogP contribution in [0.5, 0.6) is 0 Å². The first kappa shape index (κ1) is 12.4. The summed E-state index contributed by atoms with van der Waals surface area (Å²) >= 11 is 0. The third-order valence-corrected chi connectivity index (χ3v) is 3.65. The Morgan fingerprint density at radius 3 is 2.68 bits per heavy atom. The van der Waals surface area contributed by atoms with E-state index in [2.05, 4.69) is 48.4 Å².